The van der Waals surface area contributed by atoms with Crippen molar-refractivity contribution in [3.05, 3.63) is 30.3 Å². The molecule has 2 rings (SSSR count). The van der Waals surface area contributed by atoms with Crippen LogP contribution in [0.15, 0.2) is 30.3 Å². The highest BCUT2D eigenvalue weighted by Crippen LogP contribution is 2.33. The fraction of sp³-hybridized carbons (Fsp3) is 0.562. The monoisotopic (exact) mass is 276 g/mol. The smallest absolute Gasteiger partial charge is 0.319 e. The summed E-state index contributed by atoms with van der Waals surface area (Å²) in [5.74, 6) is 0.730. The van der Waals surface area contributed by atoms with E-state index in [0.717, 1.165) is 37.3 Å². The van der Waals surface area contributed by atoms with Crippen molar-refractivity contribution in [1.29, 1.82) is 0 Å². The lowest BCUT2D eigenvalue weighted by Gasteiger charge is -2.35. The van der Waals surface area contributed by atoms with Crippen molar-refractivity contribution < 1.29 is 9.90 Å². The van der Waals surface area contributed by atoms with Crippen LogP contribution in [0.2, 0.25) is 0 Å². The molecule has 0 bridgehead atoms. The highest BCUT2D eigenvalue weighted by molar-refractivity contribution is 5.89. The topological polar surface area (TPSA) is 61.4 Å². The first-order valence-electron chi connectivity index (χ1n) is 7.43. The normalized spacial score (nSPS) is 26.0. The SMILES string of the molecule is CCC1CCC(O)(CNC(=O)Nc2ccccc2)CC1. The maximum atomic E-state index is 11.8. The highest BCUT2D eigenvalue weighted by Gasteiger charge is 2.32. The van der Waals surface area contributed by atoms with Crippen molar-refractivity contribution in [1.82, 2.24) is 5.32 Å². The number of amides is 2. The Labute approximate surface area is 120 Å². The van der Waals surface area contributed by atoms with Gasteiger partial charge >= 0.3 is 6.03 Å². The molecule has 4 heteroatoms. The fourth-order valence-corrected chi connectivity index (χ4v) is 2.74. The second-order valence-electron chi connectivity index (χ2n) is 5.75. The van der Waals surface area contributed by atoms with Crippen LogP contribution in [0.1, 0.15) is 39.0 Å². The largest absolute Gasteiger partial charge is 0.388 e. The number of benzene rings is 1. The van der Waals surface area contributed by atoms with Gasteiger partial charge in [-0.3, -0.25) is 0 Å². The van der Waals surface area contributed by atoms with Gasteiger partial charge < -0.3 is 15.7 Å². The lowest BCUT2D eigenvalue weighted by Crippen LogP contribution is -2.46. The number of para-hydroxylation sites is 1. The summed E-state index contributed by atoms with van der Waals surface area (Å²) in [6.45, 7) is 2.52. The van der Waals surface area contributed by atoms with Gasteiger partial charge in [0.1, 0.15) is 0 Å². The van der Waals surface area contributed by atoms with E-state index in [2.05, 4.69) is 17.6 Å². The van der Waals surface area contributed by atoms with Crippen molar-refractivity contribution in [2.24, 2.45) is 5.92 Å². The summed E-state index contributed by atoms with van der Waals surface area (Å²) in [7, 11) is 0. The first kappa shape index (κ1) is 14.9. The van der Waals surface area contributed by atoms with Crippen molar-refractivity contribution in [3.8, 4) is 0 Å². The van der Waals surface area contributed by atoms with Gasteiger partial charge in [0.25, 0.3) is 0 Å². The summed E-state index contributed by atoms with van der Waals surface area (Å²) >= 11 is 0. The van der Waals surface area contributed by atoms with Gasteiger partial charge in [-0.25, -0.2) is 4.79 Å². The standard InChI is InChI=1S/C16H24N2O2/c1-2-13-8-10-16(20,11-9-13)12-17-15(19)18-14-6-4-3-5-7-14/h3-7,13,20H,2,8-12H2,1H3,(H2,17,18,19). The zero-order chi connectivity index (χ0) is 14.4. The summed E-state index contributed by atoms with van der Waals surface area (Å²) in [4.78, 5) is 11.8. The second-order valence-corrected chi connectivity index (χ2v) is 5.75. The summed E-state index contributed by atoms with van der Waals surface area (Å²) < 4.78 is 0. The van der Waals surface area contributed by atoms with Gasteiger partial charge in [0.05, 0.1) is 5.60 Å². The maximum absolute atomic E-state index is 11.8. The van der Waals surface area contributed by atoms with Crippen molar-refractivity contribution in [3.63, 3.8) is 0 Å². The molecular weight excluding hydrogens is 252 g/mol. The number of nitrogens with one attached hydrogen (secondary N) is 2. The van der Waals surface area contributed by atoms with Gasteiger partial charge in [0, 0.05) is 12.2 Å². The Balaban J connectivity index is 1.76. The Bertz CT molecular complexity index is 425. The Morgan fingerprint density at radius 1 is 1.30 bits per heavy atom. The Hall–Kier alpha value is -1.55. The van der Waals surface area contributed by atoms with Crippen LogP contribution in [0.5, 0.6) is 0 Å². The van der Waals surface area contributed by atoms with E-state index in [0.29, 0.717) is 6.54 Å². The fourth-order valence-electron chi connectivity index (χ4n) is 2.74. The van der Waals surface area contributed by atoms with Gasteiger partial charge in [-0.1, -0.05) is 31.5 Å². The molecule has 1 aromatic rings. The first-order valence-corrected chi connectivity index (χ1v) is 7.43. The van der Waals surface area contributed by atoms with Crippen LogP contribution >= 0.6 is 0 Å². The third kappa shape index (κ3) is 4.23. The van der Waals surface area contributed by atoms with Gasteiger partial charge in [-0.2, -0.15) is 0 Å². The number of rotatable bonds is 4. The van der Waals surface area contributed by atoms with Gasteiger partial charge in [-0.05, 0) is 43.7 Å². The molecule has 1 aliphatic carbocycles. The molecule has 1 saturated carbocycles. The quantitative estimate of drug-likeness (QED) is 0.791. The predicted molar refractivity (Wildman–Crippen MR) is 80.7 cm³/mol. The van der Waals surface area contributed by atoms with Crippen molar-refractivity contribution in [2.75, 3.05) is 11.9 Å². The molecule has 4 nitrogen and oxygen atoms in total. The molecule has 0 heterocycles. The van der Waals surface area contributed by atoms with Gasteiger partial charge in [0.15, 0.2) is 0 Å². The van der Waals surface area contributed by atoms with Crippen LogP contribution in [0, 0.1) is 5.92 Å². The Morgan fingerprint density at radius 2 is 1.95 bits per heavy atom. The molecule has 0 aliphatic heterocycles. The predicted octanol–water partition coefficient (Wildman–Crippen LogP) is 3.14. The van der Waals surface area contributed by atoms with Crippen molar-refractivity contribution in [2.45, 2.75) is 44.6 Å². The Morgan fingerprint density at radius 3 is 2.55 bits per heavy atom. The third-order valence-electron chi connectivity index (χ3n) is 4.22. The summed E-state index contributed by atoms with van der Waals surface area (Å²) in [6, 6.07) is 9.05. The highest BCUT2D eigenvalue weighted by atomic mass is 16.3. The minimum Gasteiger partial charge on any atom is -0.388 e. The molecule has 0 unspecified atom stereocenters. The molecule has 1 fully saturated rings. The van der Waals surface area contributed by atoms with E-state index in [1.165, 1.54) is 6.42 Å². The summed E-state index contributed by atoms with van der Waals surface area (Å²) in [5, 5.41) is 16.0. The van der Waals surface area contributed by atoms with E-state index in [1.807, 2.05) is 30.3 Å². The van der Waals surface area contributed by atoms with Crippen LogP contribution in [0.25, 0.3) is 0 Å². The van der Waals surface area contributed by atoms with Gasteiger partial charge in [-0.15, -0.1) is 0 Å². The average molecular weight is 276 g/mol. The number of aliphatic hydroxyl groups is 1. The third-order valence-corrected chi connectivity index (χ3v) is 4.22. The van der Waals surface area contributed by atoms with Crippen LogP contribution in [0.3, 0.4) is 0 Å². The van der Waals surface area contributed by atoms with E-state index in [1.54, 1.807) is 0 Å². The number of carbonyl (C=O) groups excluding carboxylic acids is 1. The number of anilines is 1. The molecule has 1 aliphatic rings. The van der Waals surface area contributed by atoms with Crippen LogP contribution < -0.4 is 10.6 Å². The molecule has 2 amide bonds. The number of hydrogen-bond acceptors (Lipinski definition) is 2. The maximum Gasteiger partial charge on any atom is 0.319 e. The second kappa shape index (κ2) is 6.75. The molecular formula is C16H24N2O2. The minimum atomic E-state index is -0.736. The number of urea groups is 1. The van der Waals surface area contributed by atoms with Crippen LogP contribution in [-0.2, 0) is 0 Å². The molecule has 20 heavy (non-hydrogen) atoms. The van der Waals surface area contributed by atoms with Crippen molar-refractivity contribution >= 4 is 11.7 Å². The summed E-state index contributed by atoms with van der Waals surface area (Å²) in [5.41, 5.74) is 0.0198. The zero-order valence-electron chi connectivity index (χ0n) is 12.1. The minimum absolute atomic E-state index is 0.262. The van der Waals surface area contributed by atoms with Crippen LogP contribution in [0.4, 0.5) is 10.5 Å². The van der Waals surface area contributed by atoms with E-state index in [9.17, 15) is 9.90 Å². The first-order chi connectivity index (χ1) is 9.61. The van der Waals surface area contributed by atoms with Crippen LogP contribution in [-0.4, -0.2) is 23.3 Å². The molecule has 0 radical (unpaired) electrons. The van der Waals surface area contributed by atoms with E-state index in [-0.39, 0.29) is 6.03 Å². The Kier molecular flexibility index (Phi) is 5.01. The molecule has 0 aromatic heterocycles. The molecule has 1 aromatic carbocycles. The molecule has 3 N–H and O–H groups in total. The molecule has 0 saturated heterocycles. The number of hydrogen-bond donors (Lipinski definition) is 3. The molecule has 0 atom stereocenters. The lowest BCUT2D eigenvalue weighted by atomic mass is 9.78. The lowest BCUT2D eigenvalue weighted by molar-refractivity contribution is -0.00612. The molecule has 110 valence electrons. The zero-order valence-corrected chi connectivity index (χ0v) is 12.1. The van der Waals surface area contributed by atoms with E-state index in [4.69, 9.17) is 0 Å². The van der Waals surface area contributed by atoms with E-state index < -0.39 is 5.60 Å². The summed E-state index contributed by atoms with van der Waals surface area (Å²) in [6.07, 6.45) is 4.83. The number of carbonyl (C=O) groups is 1. The average Bonchev–Trinajstić information content (AvgIpc) is 2.47. The van der Waals surface area contributed by atoms with Gasteiger partial charge in [0.2, 0.25) is 0 Å². The molecule has 0 spiro atoms. The van der Waals surface area contributed by atoms with E-state index >= 15 is 0 Å².